The summed E-state index contributed by atoms with van der Waals surface area (Å²) in [6.07, 6.45) is 6.14. The van der Waals surface area contributed by atoms with Gasteiger partial charge in [0.1, 0.15) is 6.23 Å². The molecule has 1 N–H and O–H groups in total. The number of nitrogens with zero attached hydrogens (tertiary/aromatic N) is 3. The summed E-state index contributed by atoms with van der Waals surface area (Å²) in [5.74, 6) is 0. The molecule has 102 valence electrons. The fraction of sp³-hybridized carbons (Fsp3) is 0.400. The van der Waals surface area contributed by atoms with Crippen molar-refractivity contribution in [3.05, 3.63) is 54.6 Å². The maximum atomic E-state index is 9.84. The summed E-state index contributed by atoms with van der Waals surface area (Å²) in [4.78, 5) is 6.10. The monoisotopic (exact) mass is 259 g/mol. The van der Waals surface area contributed by atoms with Gasteiger partial charge in [-0.3, -0.25) is 4.90 Å². The first-order valence-electron chi connectivity index (χ1n) is 6.67. The average molecular weight is 259 g/mol. The first-order chi connectivity index (χ1) is 9.25. The molecule has 1 unspecified atom stereocenters. The van der Waals surface area contributed by atoms with Crippen LogP contribution in [-0.2, 0) is 13.1 Å². The van der Waals surface area contributed by atoms with Gasteiger partial charge in [-0.1, -0.05) is 30.3 Å². The van der Waals surface area contributed by atoms with E-state index in [-0.39, 0.29) is 0 Å². The zero-order valence-corrected chi connectivity index (χ0v) is 11.3. The van der Waals surface area contributed by atoms with Gasteiger partial charge in [-0.25, -0.2) is 4.98 Å². The van der Waals surface area contributed by atoms with Crippen molar-refractivity contribution in [1.82, 2.24) is 14.5 Å². The number of hydrogen-bond donors (Lipinski definition) is 1. The summed E-state index contributed by atoms with van der Waals surface area (Å²) in [6.45, 7) is 4.39. The SMILES string of the molecule is CC(O)N(CCCn1ccnc1)Cc1ccccc1. The van der Waals surface area contributed by atoms with Gasteiger partial charge >= 0.3 is 0 Å². The van der Waals surface area contributed by atoms with Crippen LogP contribution in [0.4, 0.5) is 0 Å². The zero-order valence-electron chi connectivity index (χ0n) is 11.3. The number of aliphatic hydroxyl groups is 1. The predicted molar refractivity (Wildman–Crippen MR) is 75.4 cm³/mol. The highest BCUT2D eigenvalue weighted by atomic mass is 16.3. The normalized spacial score (nSPS) is 12.8. The van der Waals surface area contributed by atoms with Crippen LogP contribution in [-0.4, -0.2) is 32.3 Å². The third kappa shape index (κ3) is 4.50. The molecule has 0 saturated heterocycles. The number of rotatable bonds is 7. The van der Waals surface area contributed by atoms with Crippen LogP contribution in [0.25, 0.3) is 0 Å². The van der Waals surface area contributed by atoms with Crippen molar-refractivity contribution in [3.8, 4) is 0 Å². The van der Waals surface area contributed by atoms with Crippen molar-refractivity contribution < 1.29 is 5.11 Å². The van der Waals surface area contributed by atoms with Crippen molar-refractivity contribution >= 4 is 0 Å². The molecule has 1 aromatic carbocycles. The second kappa shape index (κ2) is 7.07. The first-order valence-corrected chi connectivity index (χ1v) is 6.67. The van der Waals surface area contributed by atoms with E-state index in [1.165, 1.54) is 5.56 Å². The summed E-state index contributed by atoms with van der Waals surface area (Å²) in [7, 11) is 0. The topological polar surface area (TPSA) is 41.3 Å². The van der Waals surface area contributed by atoms with E-state index in [1.54, 1.807) is 6.20 Å². The van der Waals surface area contributed by atoms with E-state index in [9.17, 15) is 5.11 Å². The Kier molecular flexibility index (Phi) is 5.12. The smallest absolute Gasteiger partial charge is 0.104 e. The minimum Gasteiger partial charge on any atom is -0.379 e. The largest absolute Gasteiger partial charge is 0.379 e. The van der Waals surface area contributed by atoms with Gasteiger partial charge < -0.3 is 9.67 Å². The highest BCUT2D eigenvalue weighted by Gasteiger charge is 2.10. The summed E-state index contributed by atoms with van der Waals surface area (Å²) in [6, 6.07) is 10.2. The van der Waals surface area contributed by atoms with Crippen LogP contribution < -0.4 is 0 Å². The molecule has 1 heterocycles. The van der Waals surface area contributed by atoms with Crippen molar-refractivity contribution in [2.45, 2.75) is 32.7 Å². The second-order valence-corrected chi connectivity index (χ2v) is 4.74. The lowest BCUT2D eigenvalue weighted by Crippen LogP contribution is -2.33. The number of aliphatic hydroxyl groups excluding tert-OH is 1. The highest BCUT2D eigenvalue weighted by Crippen LogP contribution is 2.08. The number of hydrogen-bond acceptors (Lipinski definition) is 3. The fourth-order valence-corrected chi connectivity index (χ4v) is 2.09. The minimum atomic E-state index is -0.428. The highest BCUT2D eigenvalue weighted by molar-refractivity contribution is 5.14. The number of aromatic nitrogens is 2. The number of imidazole rings is 1. The molecule has 2 aromatic rings. The molecule has 4 heteroatoms. The van der Waals surface area contributed by atoms with Gasteiger partial charge in [0.05, 0.1) is 6.33 Å². The van der Waals surface area contributed by atoms with Crippen LogP contribution in [0.5, 0.6) is 0 Å². The summed E-state index contributed by atoms with van der Waals surface area (Å²) >= 11 is 0. The lowest BCUT2D eigenvalue weighted by atomic mass is 10.2. The van der Waals surface area contributed by atoms with E-state index in [0.29, 0.717) is 0 Å². The zero-order chi connectivity index (χ0) is 13.5. The third-order valence-electron chi connectivity index (χ3n) is 3.18. The number of aryl methyl sites for hydroxylation is 1. The molecule has 2 rings (SSSR count). The second-order valence-electron chi connectivity index (χ2n) is 4.74. The van der Waals surface area contributed by atoms with E-state index in [2.05, 4.69) is 26.6 Å². The molecule has 0 radical (unpaired) electrons. The molecule has 0 fully saturated rings. The molecular weight excluding hydrogens is 238 g/mol. The molecule has 19 heavy (non-hydrogen) atoms. The van der Waals surface area contributed by atoms with Crippen LogP contribution in [0.2, 0.25) is 0 Å². The molecular formula is C15H21N3O. The van der Waals surface area contributed by atoms with Gasteiger partial charge in [0, 0.05) is 32.0 Å². The van der Waals surface area contributed by atoms with Gasteiger partial charge in [-0.05, 0) is 18.9 Å². The van der Waals surface area contributed by atoms with E-state index in [0.717, 1.165) is 26.1 Å². The first kappa shape index (κ1) is 13.8. The molecule has 0 amide bonds. The molecule has 0 saturated carbocycles. The lowest BCUT2D eigenvalue weighted by molar-refractivity contribution is 0.0112. The Bertz CT molecular complexity index is 454. The van der Waals surface area contributed by atoms with Gasteiger partial charge in [-0.15, -0.1) is 0 Å². The van der Waals surface area contributed by atoms with Crippen molar-refractivity contribution in [2.75, 3.05) is 6.54 Å². The van der Waals surface area contributed by atoms with Gasteiger partial charge in [-0.2, -0.15) is 0 Å². The Morgan fingerprint density at radius 3 is 2.74 bits per heavy atom. The maximum Gasteiger partial charge on any atom is 0.104 e. The standard InChI is InChI=1S/C15H21N3O/c1-14(19)18(12-15-6-3-2-4-7-15)10-5-9-17-11-8-16-13-17/h2-4,6-8,11,13-14,19H,5,9-10,12H2,1H3. The van der Waals surface area contributed by atoms with Crippen molar-refractivity contribution in [3.63, 3.8) is 0 Å². The molecule has 4 nitrogen and oxygen atoms in total. The van der Waals surface area contributed by atoms with Crippen LogP contribution in [0.1, 0.15) is 18.9 Å². The van der Waals surface area contributed by atoms with Crippen LogP contribution >= 0.6 is 0 Å². The Hall–Kier alpha value is -1.65. The van der Waals surface area contributed by atoms with Crippen LogP contribution in [0, 0.1) is 0 Å². The Morgan fingerprint density at radius 2 is 2.11 bits per heavy atom. The Balaban J connectivity index is 1.83. The van der Waals surface area contributed by atoms with E-state index in [1.807, 2.05) is 37.6 Å². The molecule has 1 aromatic heterocycles. The van der Waals surface area contributed by atoms with E-state index < -0.39 is 6.23 Å². The van der Waals surface area contributed by atoms with E-state index >= 15 is 0 Å². The lowest BCUT2D eigenvalue weighted by Gasteiger charge is -2.25. The van der Waals surface area contributed by atoms with E-state index in [4.69, 9.17) is 0 Å². The Labute approximate surface area is 114 Å². The predicted octanol–water partition coefficient (Wildman–Crippen LogP) is 2.11. The maximum absolute atomic E-state index is 9.84. The summed E-state index contributed by atoms with van der Waals surface area (Å²) in [5.41, 5.74) is 1.23. The molecule has 0 aliphatic carbocycles. The van der Waals surface area contributed by atoms with Crippen molar-refractivity contribution in [1.29, 1.82) is 0 Å². The third-order valence-corrected chi connectivity index (χ3v) is 3.18. The summed E-state index contributed by atoms with van der Waals surface area (Å²) in [5, 5.41) is 9.84. The fourth-order valence-electron chi connectivity index (χ4n) is 2.09. The molecule has 0 aliphatic rings. The average Bonchev–Trinajstić information content (AvgIpc) is 2.92. The molecule has 0 bridgehead atoms. The van der Waals surface area contributed by atoms with Crippen molar-refractivity contribution in [2.24, 2.45) is 0 Å². The van der Waals surface area contributed by atoms with Gasteiger partial charge in [0.2, 0.25) is 0 Å². The van der Waals surface area contributed by atoms with Gasteiger partial charge in [0.15, 0.2) is 0 Å². The summed E-state index contributed by atoms with van der Waals surface area (Å²) < 4.78 is 2.06. The van der Waals surface area contributed by atoms with Gasteiger partial charge in [0.25, 0.3) is 0 Å². The molecule has 0 aliphatic heterocycles. The molecule has 1 atom stereocenters. The number of benzene rings is 1. The Morgan fingerprint density at radius 1 is 1.32 bits per heavy atom. The minimum absolute atomic E-state index is 0.428. The molecule has 0 spiro atoms. The van der Waals surface area contributed by atoms with Crippen LogP contribution in [0.15, 0.2) is 49.1 Å². The van der Waals surface area contributed by atoms with Crippen LogP contribution in [0.3, 0.4) is 0 Å². The quantitative estimate of drug-likeness (QED) is 0.774.